The molecule has 0 amide bonds. The number of hydrogen-bond acceptors (Lipinski definition) is 6. The molecule has 0 atom stereocenters. The van der Waals surface area contributed by atoms with E-state index >= 15 is 0 Å². The second-order valence-corrected chi connectivity index (χ2v) is 8.21. The van der Waals surface area contributed by atoms with Crippen molar-refractivity contribution in [2.75, 3.05) is 19.0 Å². The van der Waals surface area contributed by atoms with Gasteiger partial charge in [0.1, 0.15) is 12.4 Å². The van der Waals surface area contributed by atoms with Gasteiger partial charge in [-0.05, 0) is 61.4 Å². The molecule has 2 aromatic heterocycles. The van der Waals surface area contributed by atoms with Crippen LogP contribution in [-0.4, -0.2) is 40.0 Å². The molecule has 0 bridgehead atoms. The second-order valence-electron chi connectivity index (χ2n) is 8.21. The van der Waals surface area contributed by atoms with E-state index in [1.165, 1.54) is 0 Å². The lowest BCUT2D eigenvalue weighted by Gasteiger charge is -2.10. The Bertz CT molecular complexity index is 1280. The van der Waals surface area contributed by atoms with E-state index in [0.717, 1.165) is 39.0 Å². The first-order valence-electron chi connectivity index (χ1n) is 10.3. The van der Waals surface area contributed by atoms with Gasteiger partial charge in [-0.2, -0.15) is 0 Å². The Morgan fingerprint density at radius 3 is 2.35 bits per heavy atom. The van der Waals surface area contributed by atoms with Crippen LogP contribution < -0.4 is 5.32 Å². The van der Waals surface area contributed by atoms with Crippen molar-refractivity contribution in [3.8, 4) is 22.5 Å². The van der Waals surface area contributed by atoms with E-state index < -0.39 is 0 Å². The molecule has 0 fully saturated rings. The minimum Gasteiger partial charge on any atom is -0.475 e. The van der Waals surface area contributed by atoms with Gasteiger partial charge in [0.15, 0.2) is 5.82 Å². The summed E-state index contributed by atoms with van der Waals surface area (Å²) < 4.78 is 5.76. The van der Waals surface area contributed by atoms with Crippen LogP contribution in [0.2, 0.25) is 0 Å². The average Bonchev–Trinajstić information content (AvgIpc) is 3.18. The van der Waals surface area contributed by atoms with Crippen LogP contribution in [0.15, 0.2) is 72.0 Å². The summed E-state index contributed by atoms with van der Waals surface area (Å²) in [7, 11) is 1.88. The van der Waals surface area contributed by atoms with E-state index in [2.05, 4.69) is 65.5 Å². The molecular formula is C25H23N5O. The minimum atomic E-state index is -0.162. The van der Waals surface area contributed by atoms with Crippen molar-refractivity contribution in [1.29, 1.82) is 0 Å². The van der Waals surface area contributed by atoms with Gasteiger partial charge in [0.2, 0.25) is 5.90 Å². The van der Waals surface area contributed by atoms with Crippen molar-refractivity contribution in [3.05, 3.63) is 72.6 Å². The minimum absolute atomic E-state index is 0.162. The van der Waals surface area contributed by atoms with E-state index in [4.69, 9.17) is 14.7 Å². The maximum atomic E-state index is 5.76. The van der Waals surface area contributed by atoms with Gasteiger partial charge in [-0.25, -0.2) is 15.0 Å². The summed E-state index contributed by atoms with van der Waals surface area (Å²) in [5.41, 5.74) is 4.82. The highest BCUT2D eigenvalue weighted by molar-refractivity contribution is 5.97. The molecule has 1 N–H and O–H groups in total. The molecule has 5 rings (SSSR count). The normalized spacial score (nSPS) is 14.9. The number of nitrogens with one attached hydrogen (secondary N) is 1. The molecule has 0 saturated heterocycles. The van der Waals surface area contributed by atoms with Crippen LogP contribution in [0.3, 0.4) is 0 Å². The first-order chi connectivity index (χ1) is 15.0. The zero-order chi connectivity index (χ0) is 21.4. The number of anilines is 1. The van der Waals surface area contributed by atoms with Crippen molar-refractivity contribution in [2.24, 2.45) is 4.99 Å². The number of hydrogen-bond donors (Lipinski definition) is 1. The first-order valence-corrected chi connectivity index (χ1v) is 10.3. The first kappa shape index (κ1) is 19.2. The van der Waals surface area contributed by atoms with Gasteiger partial charge in [0, 0.05) is 36.0 Å². The lowest BCUT2D eigenvalue weighted by atomic mass is 10.0. The third-order valence-corrected chi connectivity index (χ3v) is 5.28. The molecule has 154 valence electrons. The SMILES string of the molecule is CNc1nc(-c2cccnc2)nc2ccc(-c3ccc(C4=NC(C)(C)CO4)cc3)cc12. The highest BCUT2D eigenvalue weighted by Gasteiger charge is 2.26. The average molecular weight is 409 g/mol. The molecule has 6 heteroatoms. The van der Waals surface area contributed by atoms with Crippen molar-refractivity contribution < 1.29 is 4.74 Å². The van der Waals surface area contributed by atoms with Crippen molar-refractivity contribution in [2.45, 2.75) is 19.4 Å². The van der Waals surface area contributed by atoms with Crippen LogP contribution >= 0.6 is 0 Å². The third kappa shape index (κ3) is 3.72. The highest BCUT2D eigenvalue weighted by Crippen LogP contribution is 2.30. The molecule has 2 aromatic carbocycles. The zero-order valence-corrected chi connectivity index (χ0v) is 17.8. The van der Waals surface area contributed by atoms with E-state index in [1.54, 1.807) is 12.4 Å². The van der Waals surface area contributed by atoms with Gasteiger partial charge in [-0.3, -0.25) is 4.98 Å². The number of pyridine rings is 1. The van der Waals surface area contributed by atoms with Gasteiger partial charge >= 0.3 is 0 Å². The summed E-state index contributed by atoms with van der Waals surface area (Å²) in [5, 5.41) is 4.18. The smallest absolute Gasteiger partial charge is 0.216 e. The lowest BCUT2D eigenvalue weighted by Crippen LogP contribution is -2.17. The number of ether oxygens (including phenoxy) is 1. The Labute approximate surface area is 181 Å². The third-order valence-electron chi connectivity index (χ3n) is 5.28. The monoisotopic (exact) mass is 409 g/mol. The van der Waals surface area contributed by atoms with Crippen molar-refractivity contribution >= 4 is 22.6 Å². The number of fused-ring (bicyclic) bond motifs is 1. The largest absolute Gasteiger partial charge is 0.475 e. The summed E-state index contributed by atoms with van der Waals surface area (Å²) in [6.07, 6.45) is 3.52. The van der Waals surface area contributed by atoms with Gasteiger partial charge < -0.3 is 10.1 Å². The van der Waals surface area contributed by atoms with Crippen LogP contribution in [0, 0.1) is 0 Å². The fourth-order valence-corrected chi connectivity index (χ4v) is 3.66. The predicted octanol–water partition coefficient (Wildman–Crippen LogP) is 4.96. The Balaban J connectivity index is 1.51. The van der Waals surface area contributed by atoms with E-state index in [1.807, 2.05) is 25.2 Å². The maximum absolute atomic E-state index is 5.76. The van der Waals surface area contributed by atoms with Crippen molar-refractivity contribution in [1.82, 2.24) is 15.0 Å². The lowest BCUT2D eigenvalue weighted by molar-refractivity contribution is 0.279. The van der Waals surface area contributed by atoms with Gasteiger partial charge in [-0.15, -0.1) is 0 Å². The molecule has 31 heavy (non-hydrogen) atoms. The van der Waals surface area contributed by atoms with E-state index in [0.29, 0.717) is 18.3 Å². The summed E-state index contributed by atoms with van der Waals surface area (Å²) in [5.74, 6) is 2.16. The second kappa shape index (κ2) is 7.47. The zero-order valence-electron chi connectivity index (χ0n) is 17.8. The maximum Gasteiger partial charge on any atom is 0.216 e. The number of benzene rings is 2. The number of nitrogens with zero attached hydrogens (tertiary/aromatic N) is 4. The molecule has 0 spiro atoms. The van der Waals surface area contributed by atoms with Gasteiger partial charge in [0.05, 0.1) is 11.1 Å². The number of aromatic nitrogens is 3. The molecule has 1 aliphatic heterocycles. The van der Waals surface area contributed by atoms with Crippen LogP contribution in [0.25, 0.3) is 33.4 Å². The van der Waals surface area contributed by atoms with E-state index in [-0.39, 0.29) is 5.54 Å². The Kier molecular flexibility index (Phi) is 4.62. The van der Waals surface area contributed by atoms with Crippen LogP contribution in [0.1, 0.15) is 19.4 Å². The van der Waals surface area contributed by atoms with Crippen LogP contribution in [0.4, 0.5) is 5.82 Å². The molecule has 6 nitrogen and oxygen atoms in total. The molecule has 0 radical (unpaired) electrons. The quantitative estimate of drug-likeness (QED) is 0.516. The van der Waals surface area contributed by atoms with Crippen LogP contribution in [-0.2, 0) is 4.74 Å². The fourth-order valence-electron chi connectivity index (χ4n) is 3.66. The fraction of sp³-hybridized carbons (Fsp3) is 0.200. The number of aliphatic imine (C=N–C) groups is 1. The Morgan fingerprint density at radius 1 is 0.903 bits per heavy atom. The number of rotatable bonds is 4. The molecule has 0 saturated carbocycles. The Morgan fingerprint density at radius 2 is 1.68 bits per heavy atom. The summed E-state index contributed by atoms with van der Waals surface area (Å²) in [6.45, 7) is 4.76. The topological polar surface area (TPSA) is 72.3 Å². The Hall–Kier alpha value is -3.80. The van der Waals surface area contributed by atoms with Crippen LogP contribution in [0.5, 0.6) is 0 Å². The molecule has 3 heterocycles. The molecule has 1 aliphatic rings. The molecule has 0 unspecified atom stereocenters. The summed E-state index contributed by atoms with van der Waals surface area (Å²) >= 11 is 0. The summed E-state index contributed by atoms with van der Waals surface area (Å²) in [4.78, 5) is 18.3. The highest BCUT2D eigenvalue weighted by atomic mass is 16.5. The van der Waals surface area contributed by atoms with Gasteiger partial charge in [0.25, 0.3) is 0 Å². The molecule has 0 aliphatic carbocycles. The van der Waals surface area contributed by atoms with Crippen molar-refractivity contribution in [3.63, 3.8) is 0 Å². The molecular weight excluding hydrogens is 386 g/mol. The predicted molar refractivity (Wildman–Crippen MR) is 124 cm³/mol. The standard InChI is InChI=1S/C25H23N5O/c1-25(2)15-31-24(30-25)17-8-6-16(7-9-17)18-10-11-21-20(13-18)23(26-3)29-22(28-21)19-5-4-12-27-14-19/h4-14H,15H2,1-3H3,(H,26,28,29). The summed E-state index contributed by atoms with van der Waals surface area (Å²) in [6, 6.07) is 18.4. The van der Waals surface area contributed by atoms with Gasteiger partial charge in [-0.1, -0.05) is 18.2 Å². The van der Waals surface area contributed by atoms with E-state index in [9.17, 15) is 0 Å². The molecule has 4 aromatic rings.